The minimum Gasteiger partial charge on any atom is -0.497 e. The SMILES string of the molecule is COc1ccc(NC(=O)COc2ccc(/C=N\NS(=O)(=O)c3ccc(C)cc3)cc2)cc1. The Morgan fingerprint density at radius 2 is 1.56 bits per heavy atom. The van der Waals surface area contributed by atoms with Crippen molar-refractivity contribution < 1.29 is 22.7 Å². The first-order valence-corrected chi connectivity index (χ1v) is 11.1. The Labute approximate surface area is 186 Å². The highest BCUT2D eigenvalue weighted by atomic mass is 32.2. The number of hydrazone groups is 1. The fourth-order valence-electron chi connectivity index (χ4n) is 2.61. The Morgan fingerprint density at radius 3 is 2.19 bits per heavy atom. The molecule has 0 radical (unpaired) electrons. The summed E-state index contributed by atoms with van der Waals surface area (Å²) in [7, 11) is -2.16. The van der Waals surface area contributed by atoms with Gasteiger partial charge >= 0.3 is 0 Å². The highest BCUT2D eigenvalue weighted by Crippen LogP contribution is 2.15. The molecule has 0 saturated carbocycles. The fraction of sp³-hybridized carbons (Fsp3) is 0.130. The van der Waals surface area contributed by atoms with Crippen LogP contribution in [0.25, 0.3) is 0 Å². The summed E-state index contributed by atoms with van der Waals surface area (Å²) >= 11 is 0. The van der Waals surface area contributed by atoms with E-state index in [2.05, 4.69) is 15.2 Å². The number of hydrogen-bond acceptors (Lipinski definition) is 6. The van der Waals surface area contributed by atoms with Crippen molar-refractivity contribution in [1.29, 1.82) is 0 Å². The zero-order chi connectivity index (χ0) is 23.0. The Morgan fingerprint density at radius 1 is 0.938 bits per heavy atom. The van der Waals surface area contributed by atoms with Gasteiger partial charge in [-0.2, -0.15) is 13.5 Å². The van der Waals surface area contributed by atoms with Crippen LogP contribution in [0.3, 0.4) is 0 Å². The predicted octanol–water partition coefficient (Wildman–Crippen LogP) is 3.33. The lowest BCUT2D eigenvalue weighted by Crippen LogP contribution is -2.20. The topological polar surface area (TPSA) is 106 Å². The van der Waals surface area contributed by atoms with Crippen LogP contribution in [0.15, 0.2) is 82.8 Å². The Balaban J connectivity index is 1.48. The number of carbonyl (C=O) groups excluding carboxylic acids is 1. The van der Waals surface area contributed by atoms with E-state index in [0.29, 0.717) is 22.7 Å². The Hall–Kier alpha value is -3.85. The maximum absolute atomic E-state index is 12.2. The molecular formula is C23H23N3O5S. The lowest BCUT2D eigenvalue weighted by atomic mass is 10.2. The van der Waals surface area contributed by atoms with E-state index in [1.54, 1.807) is 67.8 Å². The van der Waals surface area contributed by atoms with Crippen LogP contribution in [-0.2, 0) is 14.8 Å². The Bertz CT molecular complexity index is 1170. The van der Waals surface area contributed by atoms with E-state index >= 15 is 0 Å². The van der Waals surface area contributed by atoms with Crippen molar-refractivity contribution in [2.24, 2.45) is 5.10 Å². The molecule has 0 aliphatic heterocycles. The van der Waals surface area contributed by atoms with Gasteiger partial charge in [-0.25, -0.2) is 4.83 Å². The van der Waals surface area contributed by atoms with Crippen LogP contribution in [0.2, 0.25) is 0 Å². The van der Waals surface area contributed by atoms with Crippen LogP contribution in [0, 0.1) is 6.92 Å². The molecule has 3 aromatic carbocycles. The van der Waals surface area contributed by atoms with Crippen LogP contribution in [-0.4, -0.2) is 34.3 Å². The zero-order valence-corrected chi connectivity index (χ0v) is 18.4. The molecular weight excluding hydrogens is 430 g/mol. The van der Waals surface area contributed by atoms with Crippen LogP contribution in [0.1, 0.15) is 11.1 Å². The molecule has 0 bridgehead atoms. The zero-order valence-electron chi connectivity index (χ0n) is 17.6. The Kier molecular flexibility index (Phi) is 7.45. The average Bonchev–Trinajstić information content (AvgIpc) is 2.79. The van der Waals surface area contributed by atoms with Crippen molar-refractivity contribution in [2.45, 2.75) is 11.8 Å². The minimum atomic E-state index is -3.73. The second-order valence-corrected chi connectivity index (χ2v) is 8.46. The molecule has 0 saturated heterocycles. The van der Waals surface area contributed by atoms with Gasteiger partial charge in [-0.15, -0.1) is 0 Å². The van der Waals surface area contributed by atoms with Gasteiger partial charge in [0, 0.05) is 5.69 Å². The number of methoxy groups -OCH3 is 1. The minimum absolute atomic E-state index is 0.136. The number of carbonyl (C=O) groups is 1. The first-order chi connectivity index (χ1) is 15.4. The summed E-state index contributed by atoms with van der Waals surface area (Å²) in [4.78, 5) is 14.3. The summed E-state index contributed by atoms with van der Waals surface area (Å²) in [6.45, 7) is 1.72. The summed E-state index contributed by atoms with van der Waals surface area (Å²) in [5.74, 6) is 0.893. The van der Waals surface area contributed by atoms with E-state index < -0.39 is 10.0 Å². The molecule has 3 rings (SSSR count). The molecule has 0 unspecified atom stereocenters. The van der Waals surface area contributed by atoms with Gasteiger partial charge in [-0.05, 0) is 73.2 Å². The number of nitrogens with one attached hydrogen (secondary N) is 2. The number of hydrogen-bond donors (Lipinski definition) is 2. The van der Waals surface area contributed by atoms with Crippen molar-refractivity contribution in [3.8, 4) is 11.5 Å². The molecule has 0 fully saturated rings. The third kappa shape index (κ3) is 6.58. The molecule has 0 spiro atoms. The second-order valence-electron chi connectivity index (χ2n) is 6.80. The van der Waals surface area contributed by atoms with Crippen molar-refractivity contribution in [1.82, 2.24) is 4.83 Å². The molecule has 32 heavy (non-hydrogen) atoms. The molecule has 3 aromatic rings. The van der Waals surface area contributed by atoms with Gasteiger partial charge in [0.25, 0.3) is 15.9 Å². The van der Waals surface area contributed by atoms with Crippen molar-refractivity contribution >= 4 is 27.8 Å². The molecule has 9 heteroatoms. The quantitative estimate of drug-likeness (QED) is 0.382. The molecule has 0 heterocycles. The van der Waals surface area contributed by atoms with E-state index in [1.165, 1.54) is 18.3 Å². The van der Waals surface area contributed by atoms with Crippen molar-refractivity contribution in [3.63, 3.8) is 0 Å². The van der Waals surface area contributed by atoms with Crippen molar-refractivity contribution in [3.05, 3.63) is 83.9 Å². The number of anilines is 1. The molecule has 0 aliphatic carbocycles. The van der Waals surface area contributed by atoms with Gasteiger partial charge in [-0.3, -0.25) is 4.79 Å². The summed E-state index contributed by atoms with van der Waals surface area (Å²) < 4.78 is 35.0. The molecule has 0 aliphatic rings. The highest BCUT2D eigenvalue weighted by molar-refractivity contribution is 7.89. The monoisotopic (exact) mass is 453 g/mol. The van der Waals surface area contributed by atoms with Crippen LogP contribution in [0.4, 0.5) is 5.69 Å². The maximum Gasteiger partial charge on any atom is 0.276 e. The predicted molar refractivity (Wildman–Crippen MR) is 123 cm³/mol. The van der Waals surface area contributed by atoms with E-state index in [0.717, 1.165) is 5.56 Å². The number of sulfonamides is 1. The lowest BCUT2D eigenvalue weighted by molar-refractivity contribution is -0.118. The molecule has 2 N–H and O–H groups in total. The van der Waals surface area contributed by atoms with Gasteiger partial charge in [0.1, 0.15) is 11.5 Å². The number of rotatable bonds is 9. The molecule has 166 valence electrons. The van der Waals surface area contributed by atoms with Crippen LogP contribution < -0.4 is 19.6 Å². The standard InChI is InChI=1S/C23H23N3O5S/c1-17-3-13-22(14-4-17)32(28,29)26-24-15-18-5-9-21(10-6-18)31-16-23(27)25-19-7-11-20(30-2)12-8-19/h3-15,26H,16H2,1-2H3,(H,25,27)/b24-15-. The average molecular weight is 454 g/mol. The molecule has 0 aromatic heterocycles. The summed E-state index contributed by atoms with van der Waals surface area (Å²) in [6, 6.07) is 20.1. The van der Waals surface area contributed by atoms with E-state index in [9.17, 15) is 13.2 Å². The maximum atomic E-state index is 12.2. The molecule has 1 amide bonds. The number of nitrogens with zero attached hydrogens (tertiary/aromatic N) is 1. The van der Waals surface area contributed by atoms with Gasteiger partial charge in [0.2, 0.25) is 0 Å². The number of aryl methyl sites for hydroxylation is 1. The van der Waals surface area contributed by atoms with E-state index in [-0.39, 0.29) is 17.4 Å². The first-order valence-electron chi connectivity index (χ1n) is 9.64. The van der Waals surface area contributed by atoms with E-state index in [4.69, 9.17) is 9.47 Å². The van der Waals surface area contributed by atoms with Gasteiger partial charge in [0.15, 0.2) is 6.61 Å². The van der Waals surface area contributed by atoms with Crippen LogP contribution >= 0.6 is 0 Å². The largest absolute Gasteiger partial charge is 0.497 e. The molecule has 8 nitrogen and oxygen atoms in total. The normalized spacial score (nSPS) is 11.2. The number of amides is 1. The van der Waals surface area contributed by atoms with Gasteiger partial charge in [-0.1, -0.05) is 17.7 Å². The van der Waals surface area contributed by atoms with Crippen LogP contribution in [0.5, 0.6) is 11.5 Å². The second kappa shape index (κ2) is 10.5. The van der Waals surface area contributed by atoms with E-state index in [1.807, 2.05) is 6.92 Å². The summed E-state index contributed by atoms with van der Waals surface area (Å²) in [6.07, 6.45) is 1.38. The lowest BCUT2D eigenvalue weighted by Gasteiger charge is -2.08. The van der Waals surface area contributed by atoms with Gasteiger partial charge in [0.05, 0.1) is 18.2 Å². The highest BCUT2D eigenvalue weighted by Gasteiger charge is 2.11. The molecule has 0 atom stereocenters. The van der Waals surface area contributed by atoms with Gasteiger partial charge < -0.3 is 14.8 Å². The number of ether oxygens (including phenoxy) is 2. The third-order valence-electron chi connectivity index (χ3n) is 4.34. The fourth-order valence-corrected chi connectivity index (χ4v) is 3.40. The smallest absolute Gasteiger partial charge is 0.276 e. The first kappa shape index (κ1) is 22.8. The number of benzene rings is 3. The third-order valence-corrected chi connectivity index (χ3v) is 5.58. The summed E-state index contributed by atoms with van der Waals surface area (Å²) in [5.41, 5.74) is 2.26. The summed E-state index contributed by atoms with van der Waals surface area (Å²) in [5, 5.41) is 6.53. The van der Waals surface area contributed by atoms with Crippen molar-refractivity contribution in [2.75, 3.05) is 19.0 Å².